The summed E-state index contributed by atoms with van der Waals surface area (Å²) in [7, 11) is 3.61. The normalized spacial score (nSPS) is 13.2. The first-order valence-electron chi connectivity index (χ1n) is 11.0. The average molecular weight is 474 g/mol. The van der Waals surface area contributed by atoms with Gasteiger partial charge in [0.15, 0.2) is 0 Å². The molecule has 2 atom stereocenters. The number of aliphatic hydroxyl groups excluding tert-OH is 1. The molecule has 0 amide bonds. The van der Waals surface area contributed by atoms with Crippen molar-refractivity contribution in [3.63, 3.8) is 0 Å². The third-order valence-corrected chi connectivity index (χ3v) is 5.48. The van der Waals surface area contributed by atoms with E-state index in [-0.39, 0.29) is 30.5 Å². The fourth-order valence-electron chi connectivity index (χ4n) is 3.69. The standard InChI is InChI=1S/C26H35N3O3.ClH/c1-18-10-11-23(22(14-18)26(2,3)4)32-17-20(30)16-28-24(25-27-12-13-29(25)5)19-8-7-9-21(15-19)31-6;/h7-15,20,24,28,30H,16-17H2,1-6H3;1H. The minimum atomic E-state index is -0.683. The quantitative estimate of drug-likeness (QED) is 0.476. The number of ether oxygens (including phenoxy) is 2. The predicted molar refractivity (Wildman–Crippen MR) is 135 cm³/mol. The fraction of sp³-hybridized carbons (Fsp3) is 0.423. The number of nitrogens with zero attached hydrogens (tertiary/aromatic N) is 2. The highest BCUT2D eigenvalue weighted by atomic mass is 35.5. The summed E-state index contributed by atoms with van der Waals surface area (Å²) in [5.41, 5.74) is 3.31. The molecule has 0 fully saturated rings. The first-order valence-corrected chi connectivity index (χ1v) is 11.0. The van der Waals surface area contributed by atoms with Crippen LogP contribution in [0.15, 0.2) is 54.9 Å². The van der Waals surface area contributed by atoms with Crippen LogP contribution in [0.25, 0.3) is 0 Å². The van der Waals surface area contributed by atoms with E-state index in [0.29, 0.717) is 6.54 Å². The molecule has 0 saturated carbocycles. The molecule has 3 rings (SSSR count). The second-order valence-corrected chi connectivity index (χ2v) is 9.23. The van der Waals surface area contributed by atoms with Crippen LogP contribution in [0.5, 0.6) is 11.5 Å². The summed E-state index contributed by atoms with van der Waals surface area (Å²) in [5.74, 6) is 2.46. The zero-order chi connectivity index (χ0) is 23.3. The summed E-state index contributed by atoms with van der Waals surface area (Å²) in [6, 6.07) is 13.9. The lowest BCUT2D eigenvalue weighted by molar-refractivity contribution is 0.103. The number of aromatic nitrogens is 2. The van der Waals surface area contributed by atoms with Gasteiger partial charge in [0.1, 0.15) is 30.0 Å². The van der Waals surface area contributed by atoms with Gasteiger partial charge in [-0.2, -0.15) is 0 Å². The number of aliphatic hydroxyl groups is 1. The number of rotatable bonds is 9. The molecule has 1 aromatic heterocycles. The molecular formula is C26H36ClN3O3. The van der Waals surface area contributed by atoms with Crippen LogP contribution >= 0.6 is 12.4 Å². The highest BCUT2D eigenvalue weighted by Gasteiger charge is 2.22. The Kier molecular flexibility index (Phi) is 9.35. The van der Waals surface area contributed by atoms with E-state index in [0.717, 1.165) is 28.5 Å². The van der Waals surface area contributed by atoms with Gasteiger partial charge in [-0.15, -0.1) is 12.4 Å². The van der Waals surface area contributed by atoms with Crippen molar-refractivity contribution in [3.8, 4) is 11.5 Å². The van der Waals surface area contributed by atoms with Crippen LogP contribution in [0.4, 0.5) is 0 Å². The van der Waals surface area contributed by atoms with E-state index in [2.05, 4.69) is 44.1 Å². The third kappa shape index (κ3) is 6.97. The number of methoxy groups -OCH3 is 1. The van der Waals surface area contributed by atoms with E-state index < -0.39 is 6.10 Å². The molecule has 33 heavy (non-hydrogen) atoms. The van der Waals surface area contributed by atoms with Gasteiger partial charge in [-0.3, -0.25) is 0 Å². The lowest BCUT2D eigenvalue weighted by atomic mass is 9.85. The summed E-state index contributed by atoms with van der Waals surface area (Å²) in [4.78, 5) is 4.51. The Labute approximate surface area is 203 Å². The molecule has 2 aromatic carbocycles. The maximum atomic E-state index is 10.7. The number of benzene rings is 2. The van der Waals surface area contributed by atoms with Gasteiger partial charge in [0.2, 0.25) is 0 Å². The van der Waals surface area contributed by atoms with Gasteiger partial charge in [0, 0.05) is 26.0 Å². The van der Waals surface area contributed by atoms with Gasteiger partial charge in [-0.05, 0) is 41.7 Å². The zero-order valence-electron chi connectivity index (χ0n) is 20.3. The molecular weight excluding hydrogens is 438 g/mol. The number of aryl methyl sites for hydroxylation is 2. The lowest BCUT2D eigenvalue weighted by Crippen LogP contribution is -2.35. The Bertz CT molecular complexity index is 1030. The largest absolute Gasteiger partial charge is 0.497 e. The van der Waals surface area contributed by atoms with Crippen LogP contribution in [0.3, 0.4) is 0 Å². The molecule has 0 aliphatic rings. The molecule has 2 unspecified atom stereocenters. The second-order valence-electron chi connectivity index (χ2n) is 9.23. The summed E-state index contributed by atoms with van der Waals surface area (Å²) >= 11 is 0. The molecule has 2 N–H and O–H groups in total. The third-order valence-electron chi connectivity index (χ3n) is 5.48. The molecule has 180 valence electrons. The molecule has 0 aliphatic heterocycles. The molecule has 6 nitrogen and oxygen atoms in total. The Morgan fingerprint density at radius 1 is 1.15 bits per heavy atom. The van der Waals surface area contributed by atoms with Crippen LogP contribution in [0.1, 0.15) is 49.3 Å². The van der Waals surface area contributed by atoms with E-state index in [1.54, 1.807) is 13.3 Å². The summed E-state index contributed by atoms with van der Waals surface area (Å²) in [6.45, 7) is 9.12. The SMILES string of the molecule is COc1cccc(C(NCC(O)COc2ccc(C)cc2C(C)(C)C)c2nccn2C)c1.Cl. The number of nitrogens with one attached hydrogen (secondary N) is 1. The van der Waals surface area contributed by atoms with E-state index in [1.807, 2.05) is 54.2 Å². The minimum Gasteiger partial charge on any atom is -0.497 e. The molecule has 0 bridgehead atoms. The number of hydrogen-bond acceptors (Lipinski definition) is 5. The highest BCUT2D eigenvalue weighted by Crippen LogP contribution is 2.32. The van der Waals surface area contributed by atoms with Gasteiger partial charge < -0.3 is 24.5 Å². The second kappa shape index (κ2) is 11.5. The van der Waals surface area contributed by atoms with E-state index in [1.165, 1.54) is 5.56 Å². The van der Waals surface area contributed by atoms with E-state index in [4.69, 9.17) is 9.47 Å². The topological polar surface area (TPSA) is 68.5 Å². The molecule has 1 heterocycles. The summed E-state index contributed by atoms with van der Waals surface area (Å²) < 4.78 is 13.4. The Morgan fingerprint density at radius 3 is 2.55 bits per heavy atom. The molecule has 0 spiro atoms. The van der Waals surface area contributed by atoms with Crippen molar-refractivity contribution in [2.24, 2.45) is 7.05 Å². The van der Waals surface area contributed by atoms with Crippen LogP contribution in [0, 0.1) is 6.92 Å². The Hall–Kier alpha value is -2.54. The fourth-order valence-corrected chi connectivity index (χ4v) is 3.69. The summed E-state index contributed by atoms with van der Waals surface area (Å²) in [5, 5.41) is 14.1. The first-order chi connectivity index (χ1) is 15.2. The van der Waals surface area contributed by atoms with Crippen molar-refractivity contribution >= 4 is 12.4 Å². The van der Waals surface area contributed by atoms with Crippen LogP contribution in [0.2, 0.25) is 0 Å². The van der Waals surface area contributed by atoms with Gasteiger partial charge in [0.05, 0.1) is 13.2 Å². The van der Waals surface area contributed by atoms with Crippen molar-refractivity contribution in [1.82, 2.24) is 14.9 Å². The molecule has 3 aromatic rings. The van der Waals surface area contributed by atoms with Crippen molar-refractivity contribution in [2.75, 3.05) is 20.3 Å². The maximum Gasteiger partial charge on any atom is 0.130 e. The van der Waals surface area contributed by atoms with Gasteiger partial charge in [-0.25, -0.2) is 4.98 Å². The Balaban J connectivity index is 0.00000385. The van der Waals surface area contributed by atoms with Crippen molar-refractivity contribution in [3.05, 3.63) is 77.4 Å². The van der Waals surface area contributed by atoms with Crippen LogP contribution in [-0.2, 0) is 12.5 Å². The van der Waals surface area contributed by atoms with Gasteiger partial charge in [-0.1, -0.05) is 50.6 Å². The summed E-state index contributed by atoms with van der Waals surface area (Å²) in [6.07, 6.45) is 3.00. The average Bonchev–Trinajstić information content (AvgIpc) is 3.18. The van der Waals surface area contributed by atoms with Crippen molar-refractivity contribution in [1.29, 1.82) is 0 Å². The monoisotopic (exact) mass is 473 g/mol. The van der Waals surface area contributed by atoms with Crippen LogP contribution in [-0.4, -0.2) is 41.0 Å². The Morgan fingerprint density at radius 2 is 1.91 bits per heavy atom. The molecule has 0 aliphatic carbocycles. The molecule has 7 heteroatoms. The first kappa shape index (κ1) is 26.7. The number of halogens is 1. The highest BCUT2D eigenvalue weighted by molar-refractivity contribution is 5.85. The lowest BCUT2D eigenvalue weighted by Gasteiger charge is -2.25. The smallest absolute Gasteiger partial charge is 0.130 e. The van der Waals surface area contributed by atoms with Crippen molar-refractivity contribution in [2.45, 2.75) is 45.3 Å². The predicted octanol–water partition coefficient (Wildman–Crippen LogP) is 4.58. The number of imidazole rings is 1. The molecule has 0 saturated heterocycles. The van der Waals surface area contributed by atoms with E-state index >= 15 is 0 Å². The van der Waals surface area contributed by atoms with Crippen molar-refractivity contribution < 1.29 is 14.6 Å². The van der Waals surface area contributed by atoms with Crippen LogP contribution < -0.4 is 14.8 Å². The van der Waals surface area contributed by atoms with Gasteiger partial charge in [0.25, 0.3) is 0 Å². The van der Waals surface area contributed by atoms with Gasteiger partial charge >= 0.3 is 0 Å². The van der Waals surface area contributed by atoms with E-state index in [9.17, 15) is 5.11 Å². The zero-order valence-corrected chi connectivity index (χ0v) is 21.1. The number of hydrogen-bond donors (Lipinski definition) is 2. The molecule has 0 radical (unpaired) electrons. The minimum absolute atomic E-state index is 0. The maximum absolute atomic E-state index is 10.7.